The van der Waals surface area contributed by atoms with E-state index in [1.54, 1.807) is 6.20 Å². The third-order valence-corrected chi connectivity index (χ3v) is 3.98. The zero-order valence-corrected chi connectivity index (χ0v) is 14.1. The smallest absolute Gasteiger partial charge is 0.257 e. The van der Waals surface area contributed by atoms with Crippen LogP contribution in [-0.2, 0) is 4.74 Å². The molecule has 1 amide bonds. The summed E-state index contributed by atoms with van der Waals surface area (Å²) >= 11 is 3.39. The molecule has 6 heteroatoms. The van der Waals surface area contributed by atoms with Gasteiger partial charge in [-0.1, -0.05) is 0 Å². The summed E-state index contributed by atoms with van der Waals surface area (Å²) in [7, 11) is 0. The van der Waals surface area contributed by atoms with Crippen LogP contribution in [0.4, 0.5) is 5.82 Å². The van der Waals surface area contributed by atoms with E-state index in [0.717, 1.165) is 30.5 Å². The van der Waals surface area contributed by atoms with Crippen molar-refractivity contribution in [2.75, 3.05) is 31.6 Å². The molecule has 1 N–H and O–H groups in total. The number of pyridine rings is 1. The summed E-state index contributed by atoms with van der Waals surface area (Å²) in [6.45, 7) is 6.82. The molecule has 0 radical (unpaired) electrons. The van der Waals surface area contributed by atoms with Crippen LogP contribution in [0.15, 0.2) is 16.7 Å². The van der Waals surface area contributed by atoms with E-state index >= 15 is 0 Å². The Hall–Kier alpha value is -1.14. The molecule has 0 aliphatic carbocycles. The highest BCUT2D eigenvalue weighted by atomic mass is 79.9. The molecule has 0 aromatic carbocycles. The summed E-state index contributed by atoms with van der Waals surface area (Å²) in [5.41, 5.74) is 0.603. The lowest BCUT2D eigenvalue weighted by atomic mass is 10.2. The quantitative estimate of drug-likeness (QED) is 0.852. The number of likely N-dealkylation sites (N-methyl/N-ethyl adjacent to an activating group) is 1. The maximum Gasteiger partial charge on any atom is 0.257 e. The van der Waals surface area contributed by atoms with Crippen LogP contribution in [0.1, 0.15) is 37.0 Å². The van der Waals surface area contributed by atoms with Crippen LogP contribution in [0.25, 0.3) is 0 Å². The molecule has 2 heterocycles. The minimum atomic E-state index is -0.00208. The molecule has 1 atom stereocenters. The van der Waals surface area contributed by atoms with E-state index < -0.39 is 0 Å². The predicted molar refractivity (Wildman–Crippen MR) is 86.7 cm³/mol. The molecular formula is C15H22BrN3O2. The molecule has 2 rings (SSSR count). The number of anilines is 1. The average Bonchev–Trinajstić information content (AvgIpc) is 2.99. The number of nitrogens with zero attached hydrogens (tertiary/aromatic N) is 2. The Balaban J connectivity index is 2.17. The van der Waals surface area contributed by atoms with Crippen molar-refractivity contribution in [3.8, 4) is 0 Å². The molecule has 1 aromatic rings. The molecule has 0 bridgehead atoms. The van der Waals surface area contributed by atoms with Crippen LogP contribution < -0.4 is 5.32 Å². The highest BCUT2D eigenvalue weighted by Gasteiger charge is 2.24. The van der Waals surface area contributed by atoms with Gasteiger partial charge < -0.3 is 15.0 Å². The second-order valence-electron chi connectivity index (χ2n) is 5.06. The summed E-state index contributed by atoms with van der Waals surface area (Å²) in [5, 5.41) is 3.15. The molecule has 1 saturated heterocycles. The number of hydrogen-bond donors (Lipinski definition) is 1. The number of aromatic nitrogens is 1. The summed E-state index contributed by atoms with van der Waals surface area (Å²) in [6, 6.07) is 1.82. The minimum absolute atomic E-state index is 0.00208. The van der Waals surface area contributed by atoms with Gasteiger partial charge in [0.1, 0.15) is 5.82 Å². The normalized spacial score (nSPS) is 17.8. The minimum Gasteiger partial charge on any atom is -0.376 e. The van der Waals surface area contributed by atoms with Crippen LogP contribution in [0, 0.1) is 0 Å². The van der Waals surface area contributed by atoms with E-state index in [4.69, 9.17) is 4.74 Å². The zero-order valence-electron chi connectivity index (χ0n) is 12.6. The monoisotopic (exact) mass is 355 g/mol. The van der Waals surface area contributed by atoms with Gasteiger partial charge in [-0.15, -0.1) is 0 Å². The molecule has 0 spiro atoms. The Labute approximate surface area is 134 Å². The van der Waals surface area contributed by atoms with E-state index in [1.165, 1.54) is 0 Å². The standard InChI is InChI=1S/C15H22BrN3O2/c1-3-17-14-13(8-11(16)9-18-14)15(20)19(4-2)10-12-6-5-7-21-12/h8-9,12H,3-7,10H2,1-2H3,(H,17,18). The first kappa shape index (κ1) is 16.2. The van der Waals surface area contributed by atoms with E-state index in [1.807, 2.05) is 24.8 Å². The summed E-state index contributed by atoms with van der Waals surface area (Å²) < 4.78 is 6.44. The lowest BCUT2D eigenvalue weighted by Crippen LogP contribution is -2.37. The topological polar surface area (TPSA) is 54.5 Å². The van der Waals surface area contributed by atoms with Crippen LogP contribution >= 0.6 is 15.9 Å². The lowest BCUT2D eigenvalue weighted by molar-refractivity contribution is 0.0539. The van der Waals surface area contributed by atoms with E-state index in [2.05, 4.69) is 26.2 Å². The van der Waals surface area contributed by atoms with E-state index in [-0.39, 0.29) is 12.0 Å². The van der Waals surface area contributed by atoms with Gasteiger partial charge in [-0.25, -0.2) is 4.98 Å². The van der Waals surface area contributed by atoms with Gasteiger partial charge >= 0.3 is 0 Å². The SMILES string of the molecule is CCNc1ncc(Br)cc1C(=O)N(CC)CC1CCCO1. The number of ether oxygens (including phenoxy) is 1. The fraction of sp³-hybridized carbons (Fsp3) is 0.600. The molecule has 5 nitrogen and oxygen atoms in total. The van der Waals surface area contributed by atoms with Crippen LogP contribution in [0.5, 0.6) is 0 Å². The maximum absolute atomic E-state index is 12.8. The van der Waals surface area contributed by atoms with Gasteiger partial charge in [0.05, 0.1) is 11.7 Å². The highest BCUT2D eigenvalue weighted by Crippen LogP contribution is 2.21. The first-order chi connectivity index (χ1) is 10.2. The summed E-state index contributed by atoms with van der Waals surface area (Å²) in [4.78, 5) is 18.9. The van der Waals surface area contributed by atoms with Gasteiger partial charge in [0.15, 0.2) is 0 Å². The first-order valence-electron chi connectivity index (χ1n) is 7.46. The molecule has 1 unspecified atom stereocenters. The van der Waals surface area contributed by atoms with Crippen molar-refractivity contribution in [2.45, 2.75) is 32.8 Å². The fourth-order valence-electron chi connectivity index (χ4n) is 2.47. The molecule has 21 heavy (non-hydrogen) atoms. The van der Waals surface area contributed by atoms with Crippen molar-refractivity contribution in [3.63, 3.8) is 0 Å². The lowest BCUT2D eigenvalue weighted by Gasteiger charge is -2.25. The number of rotatable bonds is 6. The van der Waals surface area contributed by atoms with Crippen LogP contribution in [-0.4, -0.2) is 48.1 Å². The molecule has 1 aromatic heterocycles. The zero-order chi connectivity index (χ0) is 15.2. The van der Waals surface area contributed by atoms with Gasteiger partial charge in [0.2, 0.25) is 0 Å². The largest absolute Gasteiger partial charge is 0.376 e. The third-order valence-electron chi connectivity index (χ3n) is 3.55. The predicted octanol–water partition coefficient (Wildman–Crippen LogP) is 2.92. The summed E-state index contributed by atoms with van der Waals surface area (Å²) in [6.07, 6.45) is 3.97. The van der Waals surface area contributed by atoms with Gasteiger partial charge in [0, 0.05) is 36.9 Å². The number of hydrogen-bond acceptors (Lipinski definition) is 4. The molecule has 116 valence electrons. The second kappa shape index (κ2) is 7.75. The molecule has 1 aliphatic heterocycles. The Morgan fingerprint density at radius 3 is 3.00 bits per heavy atom. The molecule has 0 saturated carbocycles. The van der Waals surface area contributed by atoms with Crippen molar-refractivity contribution in [1.82, 2.24) is 9.88 Å². The third kappa shape index (κ3) is 4.17. The van der Waals surface area contributed by atoms with Crippen molar-refractivity contribution in [1.29, 1.82) is 0 Å². The van der Waals surface area contributed by atoms with Crippen LogP contribution in [0.2, 0.25) is 0 Å². The number of amides is 1. The first-order valence-corrected chi connectivity index (χ1v) is 8.25. The molecular weight excluding hydrogens is 334 g/mol. The average molecular weight is 356 g/mol. The Morgan fingerprint density at radius 2 is 2.38 bits per heavy atom. The highest BCUT2D eigenvalue weighted by molar-refractivity contribution is 9.10. The Morgan fingerprint density at radius 1 is 1.57 bits per heavy atom. The Kier molecular flexibility index (Phi) is 5.99. The Bertz CT molecular complexity index is 490. The second-order valence-corrected chi connectivity index (χ2v) is 5.97. The number of carbonyl (C=O) groups is 1. The van der Waals surface area contributed by atoms with E-state index in [0.29, 0.717) is 24.5 Å². The number of halogens is 1. The molecule has 1 fully saturated rings. The van der Waals surface area contributed by atoms with Gasteiger partial charge in [-0.05, 0) is 48.7 Å². The molecule has 1 aliphatic rings. The van der Waals surface area contributed by atoms with Gasteiger partial charge in [-0.3, -0.25) is 4.79 Å². The fourth-order valence-corrected chi connectivity index (χ4v) is 2.80. The van der Waals surface area contributed by atoms with Gasteiger partial charge in [-0.2, -0.15) is 0 Å². The maximum atomic E-state index is 12.8. The van der Waals surface area contributed by atoms with Crippen molar-refractivity contribution < 1.29 is 9.53 Å². The van der Waals surface area contributed by atoms with Crippen molar-refractivity contribution >= 4 is 27.7 Å². The number of nitrogens with one attached hydrogen (secondary N) is 1. The van der Waals surface area contributed by atoms with Crippen molar-refractivity contribution in [3.05, 3.63) is 22.3 Å². The van der Waals surface area contributed by atoms with Gasteiger partial charge in [0.25, 0.3) is 5.91 Å². The van der Waals surface area contributed by atoms with Crippen LogP contribution in [0.3, 0.4) is 0 Å². The van der Waals surface area contributed by atoms with Crippen molar-refractivity contribution in [2.24, 2.45) is 0 Å². The number of carbonyl (C=O) groups excluding carboxylic acids is 1. The summed E-state index contributed by atoms with van der Waals surface area (Å²) in [5.74, 6) is 0.634. The van der Waals surface area contributed by atoms with E-state index in [9.17, 15) is 4.79 Å².